The number of rotatable bonds is 7. The van der Waals surface area contributed by atoms with Gasteiger partial charge in [-0.3, -0.25) is 0 Å². The normalized spacial score (nSPS) is 10.9. The van der Waals surface area contributed by atoms with E-state index in [1.807, 2.05) is 60.8 Å². The summed E-state index contributed by atoms with van der Waals surface area (Å²) in [6.07, 6.45) is 1.67. The summed E-state index contributed by atoms with van der Waals surface area (Å²) in [5.74, 6) is 1.61. The van der Waals surface area contributed by atoms with Crippen molar-refractivity contribution in [1.82, 2.24) is 4.98 Å². The summed E-state index contributed by atoms with van der Waals surface area (Å²) in [6.45, 7) is 2.58. The molecule has 136 valence electrons. The number of allylic oxidation sites excluding steroid dienone is 1. The quantitative estimate of drug-likeness (QED) is 0.574. The number of hydrogen-bond acceptors (Lipinski definition) is 6. The summed E-state index contributed by atoms with van der Waals surface area (Å²) < 4.78 is 10.6. The second-order valence-electron chi connectivity index (χ2n) is 5.54. The Balaban J connectivity index is 1.74. The highest BCUT2D eigenvalue weighted by molar-refractivity contribution is 7.11. The minimum absolute atomic E-state index is 0.480. The lowest BCUT2D eigenvalue weighted by Gasteiger charge is -2.05. The van der Waals surface area contributed by atoms with Gasteiger partial charge >= 0.3 is 0 Å². The van der Waals surface area contributed by atoms with Gasteiger partial charge < -0.3 is 14.8 Å². The van der Waals surface area contributed by atoms with E-state index < -0.39 is 0 Å². The Morgan fingerprint density at radius 3 is 2.48 bits per heavy atom. The Bertz CT molecular complexity index is 954. The minimum Gasteiger partial charge on any atom is -0.497 e. The molecule has 0 saturated carbocycles. The smallest absolute Gasteiger partial charge is 0.136 e. The standard InChI is InChI=1S/C21H19N3O2S/c1-3-26-19-10-6-17(7-11-19)23-13-16(12-22)21-24-20(14-27-21)15-4-8-18(25-2)9-5-15/h4-11,13-14,23H,3H2,1-2H3. The van der Waals surface area contributed by atoms with Crippen molar-refractivity contribution in [2.24, 2.45) is 0 Å². The Hall–Kier alpha value is -3.30. The van der Waals surface area contributed by atoms with Gasteiger partial charge in [-0.25, -0.2) is 4.98 Å². The van der Waals surface area contributed by atoms with Crippen LogP contribution in [0.3, 0.4) is 0 Å². The van der Waals surface area contributed by atoms with Crippen molar-refractivity contribution in [3.63, 3.8) is 0 Å². The maximum absolute atomic E-state index is 9.49. The van der Waals surface area contributed by atoms with Gasteiger partial charge in [0.25, 0.3) is 0 Å². The van der Waals surface area contributed by atoms with Crippen molar-refractivity contribution < 1.29 is 9.47 Å². The van der Waals surface area contributed by atoms with Crippen molar-refractivity contribution in [3.8, 4) is 28.8 Å². The molecule has 0 aliphatic carbocycles. The lowest BCUT2D eigenvalue weighted by atomic mass is 10.2. The summed E-state index contributed by atoms with van der Waals surface area (Å²) in [5.41, 5.74) is 3.17. The summed E-state index contributed by atoms with van der Waals surface area (Å²) >= 11 is 1.44. The molecule has 0 bridgehead atoms. The molecule has 1 aromatic heterocycles. The molecule has 1 N–H and O–H groups in total. The van der Waals surface area contributed by atoms with Crippen LogP contribution < -0.4 is 14.8 Å². The predicted octanol–water partition coefficient (Wildman–Crippen LogP) is 5.19. The van der Waals surface area contributed by atoms with E-state index in [2.05, 4.69) is 16.4 Å². The van der Waals surface area contributed by atoms with Gasteiger partial charge in [-0.1, -0.05) is 0 Å². The number of anilines is 1. The summed E-state index contributed by atoms with van der Waals surface area (Å²) in [5, 5.41) is 15.2. The molecule has 0 aliphatic heterocycles. The number of hydrogen-bond donors (Lipinski definition) is 1. The SMILES string of the molecule is CCOc1ccc(NC=C(C#N)c2nc(-c3ccc(OC)cc3)cs2)cc1. The molecule has 3 rings (SSSR count). The average molecular weight is 377 g/mol. The first-order valence-corrected chi connectivity index (χ1v) is 9.31. The van der Waals surface area contributed by atoms with E-state index in [0.29, 0.717) is 17.2 Å². The molecule has 1 heterocycles. The van der Waals surface area contributed by atoms with Crippen LogP contribution in [0.25, 0.3) is 16.8 Å². The molecular weight excluding hydrogens is 358 g/mol. The third kappa shape index (κ3) is 4.66. The molecule has 27 heavy (non-hydrogen) atoms. The molecule has 6 heteroatoms. The van der Waals surface area contributed by atoms with E-state index in [0.717, 1.165) is 28.4 Å². The van der Waals surface area contributed by atoms with Gasteiger partial charge in [0, 0.05) is 22.8 Å². The Morgan fingerprint density at radius 1 is 1.15 bits per heavy atom. The third-order valence-corrected chi connectivity index (χ3v) is 4.66. The average Bonchev–Trinajstić information content (AvgIpc) is 3.20. The molecular formula is C21H19N3O2S. The van der Waals surface area contributed by atoms with Gasteiger partial charge in [-0.15, -0.1) is 11.3 Å². The van der Waals surface area contributed by atoms with Crippen molar-refractivity contribution in [2.45, 2.75) is 6.92 Å². The number of nitriles is 1. The molecule has 5 nitrogen and oxygen atoms in total. The van der Waals surface area contributed by atoms with Crippen molar-refractivity contribution in [3.05, 3.63) is 65.1 Å². The van der Waals surface area contributed by atoms with Crippen LogP contribution in [0.15, 0.2) is 60.1 Å². The highest BCUT2D eigenvalue weighted by Crippen LogP contribution is 2.27. The zero-order chi connectivity index (χ0) is 19.1. The fraction of sp³-hybridized carbons (Fsp3) is 0.143. The van der Waals surface area contributed by atoms with Crippen LogP contribution >= 0.6 is 11.3 Å². The monoisotopic (exact) mass is 377 g/mol. The molecule has 0 saturated heterocycles. The Labute approximate surface area is 162 Å². The van der Waals surface area contributed by atoms with Gasteiger partial charge in [0.1, 0.15) is 28.1 Å². The number of nitrogens with one attached hydrogen (secondary N) is 1. The Kier molecular flexibility index (Phi) is 6.08. The molecule has 0 atom stereocenters. The molecule has 0 fully saturated rings. The maximum atomic E-state index is 9.49. The maximum Gasteiger partial charge on any atom is 0.136 e. The number of aromatic nitrogens is 1. The highest BCUT2D eigenvalue weighted by Gasteiger charge is 2.09. The van der Waals surface area contributed by atoms with Gasteiger partial charge in [0.2, 0.25) is 0 Å². The van der Waals surface area contributed by atoms with Crippen LogP contribution in [0.2, 0.25) is 0 Å². The molecule has 0 amide bonds. The fourth-order valence-corrected chi connectivity index (χ4v) is 3.20. The van der Waals surface area contributed by atoms with Crippen molar-refractivity contribution in [2.75, 3.05) is 19.0 Å². The Morgan fingerprint density at radius 2 is 1.85 bits per heavy atom. The molecule has 2 aromatic carbocycles. The van der Waals surface area contributed by atoms with Gasteiger partial charge in [-0.2, -0.15) is 5.26 Å². The van der Waals surface area contributed by atoms with E-state index in [1.54, 1.807) is 13.3 Å². The molecule has 3 aromatic rings. The summed E-state index contributed by atoms with van der Waals surface area (Å²) in [7, 11) is 1.64. The topological polar surface area (TPSA) is 67.2 Å². The van der Waals surface area contributed by atoms with Gasteiger partial charge in [0.05, 0.1) is 19.4 Å². The van der Waals surface area contributed by atoms with E-state index in [-0.39, 0.29) is 0 Å². The van der Waals surface area contributed by atoms with Crippen LogP contribution in [0.1, 0.15) is 11.9 Å². The molecule has 0 spiro atoms. The first-order valence-electron chi connectivity index (χ1n) is 8.43. The fourth-order valence-electron chi connectivity index (χ4n) is 2.40. The predicted molar refractivity (Wildman–Crippen MR) is 109 cm³/mol. The van der Waals surface area contributed by atoms with Gasteiger partial charge in [-0.05, 0) is 55.5 Å². The van der Waals surface area contributed by atoms with Crippen molar-refractivity contribution in [1.29, 1.82) is 5.26 Å². The number of benzene rings is 2. The van der Waals surface area contributed by atoms with Crippen LogP contribution in [-0.4, -0.2) is 18.7 Å². The number of thiazole rings is 1. The second-order valence-corrected chi connectivity index (χ2v) is 6.40. The zero-order valence-electron chi connectivity index (χ0n) is 15.1. The minimum atomic E-state index is 0.480. The number of nitrogens with zero attached hydrogens (tertiary/aromatic N) is 2. The highest BCUT2D eigenvalue weighted by atomic mass is 32.1. The van der Waals surface area contributed by atoms with Crippen LogP contribution in [0.5, 0.6) is 11.5 Å². The van der Waals surface area contributed by atoms with E-state index in [9.17, 15) is 5.26 Å². The first-order chi connectivity index (χ1) is 13.2. The molecule has 0 unspecified atom stereocenters. The number of methoxy groups -OCH3 is 1. The summed E-state index contributed by atoms with van der Waals surface area (Å²) in [4.78, 5) is 4.58. The lowest BCUT2D eigenvalue weighted by molar-refractivity contribution is 0.340. The van der Waals surface area contributed by atoms with E-state index in [1.165, 1.54) is 11.3 Å². The lowest BCUT2D eigenvalue weighted by Crippen LogP contribution is -1.93. The summed E-state index contributed by atoms with van der Waals surface area (Å²) in [6, 6.07) is 17.5. The largest absolute Gasteiger partial charge is 0.497 e. The second kappa shape index (κ2) is 8.88. The van der Waals surface area contributed by atoms with Crippen LogP contribution in [0.4, 0.5) is 5.69 Å². The van der Waals surface area contributed by atoms with Gasteiger partial charge in [0.15, 0.2) is 0 Å². The third-order valence-electron chi connectivity index (χ3n) is 3.79. The number of ether oxygens (including phenoxy) is 2. The molecule has 0 radical (unpaired) electrons. The molecule has 0 aliphatic rings. The zero-order valence-corrected chi connectivity index (χ0v) is 15.9. The van der Waals surface area contributed by atoms with E-state index >= 15 is 0 Å². The van der Waals surface area contributed by atoms with Crippen LogP contribution in [-0.2, 0) is 0 Å². The van der Waals surface area contributed by atoms with E-state index in [4.69, 9.17) is 9.47 Å². The van der Waals surface area contributed by atoms with Crippen molar-refractivity contribution >= 4 is 22.6 Å². The first kappa shape index (κ1) is 18.5. The van der Waals surface area contributed by atoms with Crippen LogP contribution in [0, 0.1) is 11.3 Å².